The number of para-hydroxylation sites is 1. The van der Waals surface area contributed by atoms with Crippen molar-refractivity contribution in [3.63, 3.8) is 0 Å². The molecule has 0 saturated heterocycles. The fourth-order valence-corrected chi connectivity index (χ4v) is 1.88. The van der Waals surface area contributed by atoms with Crippen LogP contribution in [0, 0.1) is 0 Å². The lowest BCUT2D eigenvalue weighted by Gasteiger charge is -2.09. The first-order valence-electron chi connectivity index (χ1n) is 5.68. The molecule has 94 valence electrons. The van der Waals surface area contributed by atoms with Gasteiger partial charge < -0.3 is 9.94 Å². The molecule has 2 aromatic heterocycles. The van der Waals surface area contributed by atoms with Crippen LogP contribution in [0.2, 0.25) is 0 Å². The molecule has 0 atom stereocenters. The highest BCUT2D eigenvalue weighted by molar-refractivity contribution is 5.94. The third kappa shape index (κ3) is 2.01. The summed E-state index contributed by atoms with van der Waals surface area (Å²) in [6.07, 6.45) is 3.17. The van der Waals surface area contributed by atoms with Crippen LogP contribution in [0.15, 0.2) is 54.9 Å². The number of carbonyl (C=O) groups is 1. The van der Waals surface area contributed by atoms with Crippen LogP contribution < -0.4 is 4.84 Å². The number of hydrogen-bond acceptors (Lipinski definition) is 3. The molecule has 5 heteroatoms. The minimum atomic E-state index is -1.04. The van der Waals surface area contributed by atoms with E-state index in [1.165, 1.54) is 4.73 Å². The Morgan fingerprint density at radius 3 is 2.63 bits per heavy atom. The van der Waals surface area contributed by atoms with Crippen LogP contribution in [-0.2, 0) is 0 Å². The lowest BCUT2D eigenvalue weighted by atomic mass is 10.2. The smallest absolute Gasteiger partial charge is 0.356 e. The number of aromatic nitrogens is 2. The van der Waals surface area contributed by atoms with Gasteiger partial charge in [-0.1, -0.05) is 18.2 Å². The number of carboxylic acid groups (broad SMARTS) is 1. The van der Waals surface area contributed by atoms with Gasteiger partial charge in [-0.05, 0) is 12.1 Å². The molecule has 0 unspecified atom stereocenters. The number of pyridine rings is 1. The van der Waals surface area contributed by atoms with E-state index in [1.807, 2.05) is 24.3 Å². The minimum Gasteiger partial charge on any atom is -0.476 e. The Balaban J connectivity index is 2.15. The first-order valence-corrected chi connectivity index (χ1v) is 5.68. The number of hydrogen-bond donors (Lipinski definition) is 1. The van der Waals surface area contributed by atoms with Gasteiger partial charge in [-0.2, -0.15) is 4.73 Å². The SMILES string of the molecule is O=C(O)c1cc2ccccc2n1Oc1ccncc1. The van der Waals surface area contributed by atoms with E-state index in [0.717, 1.165) is 5.39 Å². The maximum Gasteiger partial charge on any atom is 0.356 e. The number of rotatable bonds is 3. The lowest BCUT2D eigenvalue weighted by molar-refractivity contribution is 0.0659. The molecule has 0 saturated carbocycles. The Hall–Kier alpha value is -2.82. The maximum atomic E-state index is 11.3. The Morgan fingerprint density at radius 1 is 1.16 bits per heavy atom. The van der Waals surface area contributed by atoms with Crippen molar-refractivity contribution in [2.75, 3.05) is 0 Å². The molecule has 0 fully saturated rings. The molecule has 0 spiro atoms. The van der Waals surface area contributed by atoms with E-state index in [2.05, 4.69) is 4.98 Å². The van der Waals surface area contributed by atoms with Gasteiger partial charge in [0.15, 0.2) is 11.4 Å². The summed E-state index contributed by atoms with van der Waals surface area (Å²) < 4.78 is 1.31. The molecule has 1 aromatic carbocycles. The van der Waals surface area contributed by atoms with Crippen LogP contribution in [0.25, 0.3) is 10.9 Å². The fourth-order valence-electron chi connectivity index (χ4n) is 1.88. The van der Waals surface area contributed by atoms with Crippen molar-refractivity contribution in [3.8, 4) is 5.75 Å². The average molecular weight is 254 g/mol. The van der Waals surface area contributed by atoms with Gasteiger partial charge in [-0.3, -0.25) is 4.98 Å². The summed E-state index contributed by atoms with van der Waals surface area (Å²) in [5.74, 6) is -0.510. The molecule has 0 amide bonds. The Morgan fingerprint density at radius 2 is 1.89 bits per heavy atom. The van der Waals surface area contributed by atoms with Crippen molar-refractivity contribution in [1.29, 1.82) is 0 Å². The van der Waals surface area contributed by atoms with Crippen molar-refractivity contribution in [2.24, 2.45) is 0 Å². The van der Waals surface area contributed by atoms with E-state index < -0.39 is 5.97 Å². The first kappa shape index (κ1) is 11.3. The third-order valence-corrected chi connectivity index (χ3v) is 2.73. The van der Waals surface area contributed by atoms with Crippen LogP contribution >= 0.6 is 0 Å². The molecule has 3 rings (SSSR count). The van der Waals surface area contributed by atoms with Gasteiger partial charge in [0.25, 0.3) is 0 Å². The summed E-state index contributed by atoms with van der Waals surface area (Å²) in [4.78, 5) is 20.8. The number of carboxylic acids is 1. The molecular weight excluding hydrogens is 244 g/mol. The van der Waals surface area contributed by atoms with Gasteiger partial charge in [0.2, 0.25) is 0 Å². The summed E-state index contributed by atoms with van der Waals surface area (Å²) in [7, 11) is 0. The van der Waals surface area contributed by atoms with Crippen LogP contribution in [-0.4, -0.2) is 20.8 Å². The highest BCUT2D eigenvalue weighted by atomic mass is 16.7. The van der Waals surface area contributed by atoms with E-state index in [4.69, 9.17) is 4.84 Å². The van der Waals surface area contributed by atoms with Crippen molar-refractivity contribution in [3.05, 3.63) is 60.6 Å². The first-order chi connectivity index (χ1) is 9.25. The van der Waals surface area contributed by atoms with Gasteiger partial charge >= 0.3 is 5.97 Å². The van der Waals surface area contributed by atoms with E-state index in [1.54, 1.807) is 30.6 Å². The second-order valence-corrected chi connectivity index (χ2v) is 3.96. The van der Waals surface area contributed by atoms with Gasteiger partial charge in [-0.15, -0.1) is 0 Å². The zero-order valence-electron chi connectivity index (χ0n) is 9.85. The van der Waals surface area contributed by atoms with Crippen molar-refractivity contribution in [2.45, 2.75) is 0 Å². The number of nitrogens with zero attached hydrogens (tertiary/aromatic N) is 2. The van der Waals surface area contributed by atoms with E-state index >= 15 is 0 Å². The lowest BCUT2D eigenvalue weighted by Crippen LogP contribution is -2.13. The van der Waals surface area contributed by atoms with E-state index in [-0.39, 0.29) is 5.69 Å². The Bertz CT molecular complexity index is 735. The standard InChI is InChI=1S/C14H10N2O3/c17-14(18)13-9-10-3-1-2-4-12(10)16(13)19-11-5-7-15-8-6-11/h1-9H,(H,17,18). The zero-order chi connectivity index (χ0) is 13.2. The molecule has 0 aliphatic carbocycles. The predicted octanol–water partition coefficient (Wildman–Crippen LogP) is 2.58. The van der Waals surface area contributed by atoms with Crippen LogP contribution in [0.3, 0.4) is 0 Å². The second-order valence-electron chi connectivity index (χ2n) is 3.96. The highest BCUT2D eigenvalue weighted by Crippen LogP contribution is 2.21. The van der Waals surface area contributed by atoms with Crippen molar-refractivity contribution < 1.29 is 14.7 Å². The molecule has 5 nitrogen and oxygen atoms in total. The number of aromatic carboxylic acids is 1. The number of benzene rings is 1. The van der Waals surface area contributed by atoms with E-state index in [0.29, 0.717) is 11.3 Å². The van der Waals surface area contributed by atoms with Gasteiger partial charge in [-0.25, -0.2) is 4.79 Å². The van der Waals surface area contributed by atoms with Gasteiger partial charge in [0.05, 0.1) is 5.52 Å². The molecule has 0 bridgehead atoms. The largest absolute Gasteiger partial charge is 0.476 e. The monoisotopic (exact) mass is 254 g/mol. The van der Waals surface area contributed by atoms with E-state index in [9.17, 15) is 9.90 Å². The predicted molar refractivity (Wildman–Crippen MR) is 69.2 cm³/mol. The topological polar surface area (TPSA) is 64.3 Å². The quantitative estimate of drug-likeness (QED) is 0.780. The summed E-state index contributed by atoms with van der Waals surface area (Å²) >= 11 is 0. The summed E-state index contributed by atoms with van der Waals surface area (Å²) in [5, 5.41) is 10.0. The second kappa shape index (κ2) is 4.45. The molecule has 0 aliphatic heterocycles. The fraction of sp³-hybridized carbons (Fsp3) is 0. The van der Waals surface area contributed by atoms with Crippen molar-refractivity contribution in [1.82, 2.24) is 9.71 Å². The maximum absolute atomic E-state index is 11.3. The Labute approximate surface area is 108 Å². The minimum absolute atomic E-state index is 0.0815. The zero-order valence-corrected chi connectivity index (χ0v) is 9.85. The highest BCUT2D eigenvalue weighted by Gasteiger charge is 2.15. The molecule has 2 heterocycles. The van der Waals surface area contributed by atoms with Crippen molar-refractivity contribution >= 4 is 16.9 Å². The normalized spacial score (nSPS) is 10.5. The molecule has 19 heavy (non-hydrogen) atoms. The summed E-state index contributed by atoms with van der Waals surface area (Å²) in [6.45, 7) is 0. The average Bonchev–Trinajstić information content (AvgIpc) is 2.79. The Kier molecular flexibility index (Phi) is 2.64. The molecule has 0 aliphatic rings. The third-order valence-electron chi connectivity index (χ3n) is 2.73. The summed E-state index contributed by atoms with van der Waals surface area (Å²) in [6, 6.07) is 12.3. The summed E-state index contributed by atoms with van der Waals surface area (Å²) in [5.41, 5.74) is 0.787. The molecule has 3 aromatic rings. The molecule has 0 radical (unpaired) electrons. The van der Waals surface area contributed by atoms with Gasteiger partial charge in [0, 0.05) is 29.9 Å². The molecular formula is C14H10N2O3. The van der Waals surface area contributed by atoms with Crippen LogP contribution in [0.5, 0.6) is 5.75 Å². The van der Waals surface area contributed by atoms with Gasteiger partial charge in [0.1, 0.15) is 0 Å². The number of fused-ring (bicyclic) bond motifs is 1. The molecule has 1 N–H and O–H groups in total. The van der Waals surface area contributed by atoms with Crippen LogP contribution in [0.1, 0.15) is 10.5 Å². The van der Waals surface area contributed by atoms with Crippen LogP contribution in [0.4, 0.5) is 0 Å².